The van der Waals surface area contributed by atoms with E-state index in [1.165, 1.54) is 35.5 Å². The van der Waals surface area contributed by atoms with Crippen molar-refractivity contribution in [2.24, 2.45) is 0 Å². The summed E-state index contributed by atoms with van der Waals surface area (Å²) >= 11 is 0. The minimum absolute atomic E-state index is 0.0491. The molecule has 1 aromatic rings. The van der Waals surface area contributed by atoms with Crippen molar-refractivity contribution >= 4 is 21.6 Å². The second-order valence-corrected chi connectivity index (χ2v) is 6.53. The minimum atomic E-state index is -3.65. The van der Waals surface area contributed by atoms with Crippen LogP contribution in [0.15, 0.2) is 29.2 Å². The minimum Gasteiger partial charge on any atom is -0.395 e. The third-order valence-electron chi connectivity index (χ3n) is 2.68. The number of aliphatic hydroxyl groups is 1. The zero-order valence-electron chi connectivity index (χ0n) is 11.8. The summed E-state index contributed by atoms with van der Waals surface area (Å²) in [5, 5.41) is 11.6. The number of nitrogens with zero attached hydrogens (tertiary/aromatic N) is 1. The van der Waals surface area contributed by atoms with E-state index in [1.807, 2.05) is 0 Å². The van der Waals surface area contributed by atoms with Crippen molar-refractivity contribution in [1.82, 2.24) is 4.31 Å². The van der Waals surface area contributed by atoms with E-state index in [0.29, 0.717) is 5.69 Å². The van der Waals surface area contributed by atoms with Gasteiger partial charge in [0.1, 0.15) is 0 Å². The van der Waals surface area contributed by atoms with Crippen LogP contribution in [0.3, 0.4) is 0 Å². The lowest BCUT2D eigenvalue weighted by atomic mass is 10.3. The molecule has 0 aliphatic carbocycles. The van der Waals surface area contributed by atoms with E-state index in [1.54, 1.807) is 13.8 Å². The van der Waals surface area contributed by atoms with E-state index in [4.69, 9.17) is 5.11 Å². The Morgan fingerprint density at radius 3 is 2.25 bits per heavy atom. The predicted molar refractivity (Wildman–Crippen MR) is 76.9 cm³/mol. The van der Waals surface area contributed by atoms with E-state index in [-0.39, 0.29) is 30.0 Å². The second-order valence-electron chi connectivity index (χ2n) is 4.64. The lowest BCUT2D eigenvalue weighted by Crippen LogP contribution is -2.38. The van der Waals surface area contributed by atoms with Crippen LogP contribution in [0, 0.1) is 0 Å². The molecule has 0 aromatic heterocycles. The summed E-state index contributed by atoms with van der Waals surface area (Å²) in [5.41, 5.74) is 0.537. The largest absolute Gasteiger partial charge is 0.395 e. The molecule has 0 saturated heterocycles. The fourth-order valence-corrected chi connectivity index (χ4v) is 3.43. The van der Waals surface area contributed by atoms with E-state index in [2.05, 4.69) is 5.32 Å². The number of carbonyl (C=O) groups is 1. The highest BCUT2D eigenvalue weighted by molar-refractivity contribution is 7.89. The van der Waals surface area contributed by atoms with Crippen molar-refractivity contribution in [1.29, 1.82) is 0 Å². The monoisotopic (exact) mass is 300 g/mol. The first-order valence-corrected chi connectivity index (χ1v) is 7.73. The number of rotatable bonds is 6. The zero-order chi connectivity index (χ0) is 15.3. The maximum absolute atomic E-state index is 12.4. The Hall–Kier alpha value is -1.44. The Morgan fingerprint density at radius 2 is 1.85 bits per heavy atom. The third-order valence-corrected chi connectivity index (χ3v) is 4.77. The van der Waals surface area contributed by atoms with Crippen molar-refractivity contribution in [3.05, 3.63) is 24.3 Å². The lowest BCUT2D eigenvalue weighted by Gasteiger charge is -2.25. The summed E-state index contributed by atoms with van der Waals surface area (Å²) < 4.78 is 26.1. The lowest BCUT2D eigenvalue weighted by molar-refractivity contribution is -0.114. The van der Waals surface area contributed by atoms with Gasteiger partial charge in [-0.1, -0.05) is 0 Å². The van der Waals surface area contributed by atoms with Gasteiger partial charge < -0.3 is 10.4 Å². The molecular formula is C13H20N2O4S. The Morgan fingerprint density at radius 1 is 1.30 bits per heavy atom. The SMILES string of the molecule is CC(=O)Nc1ccc(S(=O)(=O)N(CCO)C(C)C)cc1. The number of sulfonamides is 1. The summed E-state index contributed by atoms with van der Waals surface area (Å²) in [4.78, 5) is 11.0. The quantitative estimate of drug-likeness (QED) is 0.821. The molecule has 7 heteroatoms. The summed E-state index contributed by atoms with van der Waals surface area (Å²) in [6, 6.07) is 5.69. The fraction of sp³-hybridized carbons (Fsp3) is 0.462. The number of benzene rings is 1. The van der Waals surface area contributed by atoms with Gasteiger partial charge in [0.05, 0.1) is 11.5 Å². The molecule has 2 N–H and O–H groups in total. The van der Waals surface area contributed by atoms with Crippen LogP contribution in [0.2, 0.25) is 0 Å². The molecule has 0 radical (unpaired) electrons. The van der Waals surface area contributed by atoms with Crippen molar-refractivity contribution in [2.75, 3.05) is 18.5 Å². The smallest absolute Gasteiger partial charge is 0.243 e. The number of carbonyl (C=O) groups excluding carboxylic acids is 1. The van der Waals surface area contributed by atoms with Crippen LogP contribution in [0.5, 0.6) is 0 Å². The van der Waals surface area contributed by atoms with Gasteiger partial charge >= 0.3 is 0 Å². The molecule has 1 rings (SSSR count). The van der Waals surface area contributed by atoms with E-state index in [9.17, 15) is 13.2 Å². The topological polar surface area (TPSA) is 86.7 Å². The molecule has 20 heavy (non-hydrogen) atoms. The molecule has 0 aliphatic rings. The molecule has 0 spiro atoms. The Bertz CT molecular complexity index is 552. The van der Waals surface area contributed by atoms with Crippen molar-refractivity contribution in [3.63, 3.8) is 0 Å². The van der Waals surface area contributed by atoms with Gasteiger partial charge in [-0.25, -0.2) is 8.42 Å². The fourth-order valence-electron chi connectivity index (χ4n) is 1.80. The van der Waals surface area contributed by atoms with E-state index in [0.717, 1.165) is 0 Å². The molecule has 0 unspecified atom stereocenters. The van der Waals surface area contributed by atoms with Crippen LogP contribution in [-0.2, 0) is 14.8 Å². The standard InChI is InChI=1S/C13H20N2O4S/c1-10(2)15(8-9-16)20(18,19)13-6-4-12(5-7-13)14-11(3)17/h4-7,10,16H,8-9H2,1-3H3,(H,14,17). The number of nitrogens with one attached hydrogen (secondary N) is 1. The normalized spacial score (nSPS) is 11.9. The molecule has 0 heterocycles. The van der Waals surface area contributed by atoms with Crippen LogP contribution in [-0.4, -0.2) is 42.9 Å². The number of hydrogen-bond acceptors (Lipinski definition) is 4. The summed E-state index contributed by atoms with van der Waals surface area (Å²) in [7, 11) is -3.65. The molecule has 0 fully saturated rings. The molecule has 1 aromatic carbocycles. The van der Waals surface area contributed by atoms with Crippen LogP contribution in [0.1, 0.15) is 20.8 Å². The van der Waals surface area contributed by atoms with Gasteiger partial charge in [-0.05, 0) is 38.1 Å². The Balaban J connectivity index is 3.05. The number of amides is 1. The van der Waals surface area contributed by atoms with Gasteiger partial charge in [-0.3, -0.25) is 4.79 Å². The van der Waals surface area contributed by atoms with Gasteiger partial charge in [0.2, 0.25) is 15.9 Å². The van der Waals surface area contributed by atoms with Crippen LogP contribution in [0.4, 0.5) is 5.69 Å². The molecule has 6 nitrogen and oxygen atoms in total. The van der Waals surface area contributed by atoms with Crippen LogP contribution in [0.25, 0.3) is 0 Å². The van der Waals surface area contributed by atoms with Gasteiger partial charge in [0.15, 0.2) is 0 Å². The van der Waals surface area contributed by atoms with Gasteiger partial charge in [-0.2, -0.15) is 4.31 Å². The average Bonchev–Trinajstić information content (AvgIpc) is 2.35. The first-order valence-electron chi connectivity index (χ1n) is 6.29. The zero-order valence-corrected chi connectivity index (χ0v) is 12.6. The average molecular weight is 300 g/mol. The molecule has 0 bridgehead atoms. The predicted octanol–water partition coefficient (Wildman–Crippen LogP) is 1.04. The number of anilines is 1. The molecule has 0 atom stereocenters. The molecule has 0 saturated carbocycles. The first-order chi connectivity index (χ1) is 9.28. The van der Waals surface area contributed by atoms with Crippen molar-refractivity contribution in [3.8, 4) is 0 Å². The Kier molecular flexibility index (Phi) is 5.67. The maximum Gasteiger partial charge on any atom is 0.243 e. The first kappa shape index (κ1) is 16.6. The summed E-state index contributed by atoms with van der Waals surface area (Å²) in [6.07, 6.45) is 0. The van der Waals surface area contributed by atoms with Crippen LogP contribution >= 0.6 is 0 Å². The molecule has 0 aliphatic heterocycles. The number of aliphatic hydroxyl groups excluding tert-OH is 1. The summed E-state index contributed by atoms with van der Waals surface area (Å²) in [5.74, 6) is -0.218. The molecule has 112 valence electrons. The van der Waals surface area contributed by atoms with Crippen molar-refractivity contribution < 1.29 is 18.3 Å². The maximum atomic E-state index is 12.4. The van der Waals surface area contributed by atoms with E-state index < -0.39 is 10.0 Å². The highest BCUT2D eigenvalue weighted by atomic mass is 32.2. The Labute approximate surface area is 119 Å². The highest BCUT2D eigenvalue weighted by Crippen LogP contribution is 2.20. The molecular weight excluding hydrogens is 280 g/mol. The summed E-state index contributed by atoms with van der Waals surface area (Å²) in [6.45, 7) is 4.69. The van der Waals surface area contributed by atoms with E-state index >= 15 is 0 Å². The second kappa shape index (κ2) is 6.83. The van der Waals surface area contributed by atoms with Crippen LogP contribution < -0.4 is 5.32 Å². The van der Waals surface area contributed by atoms with Gasteiger partial charge in [0.25, 0.3) is 0 Å². The number of hydrogen-bond donors (Lipinski definition) is 2. The van der Waals surface area contributed by atoms with Gasteiger partial charge in [-0.15, -0.1) is 0 Å². The highest BCUT2D eigenvalue weighted by Gasteiger charge is 2.26. The third kappa shape index (κ3) is 4.03. The van der Waals surface area contributed by atoms with Crippen molar-refractivity contribution in [2.45, 2.75) is 31.7 Å². The molecule has 1 amide bonds. The van der Waals surface area contributed by atoms with Gasteiger partial charge in [0, 0.05) is 25.2 Å².